The van der Waals surface area contributed by atoms with Gasteiger partial charge in [-0.3, -0.25) is 4.79 Å². The highest BCUT2D eigenvalue weighted by atomic mass is 32.1. The summed E-state index contributed by atoms with van der Waals surface area (Å²) in [7, 11) is 0. The van der Waals surface area contributed by atoms with E-state index in [9.17, 15) is 4.79 Å². The Morgan fingerprint density at radius 1 is 1.46 bits per heavy atom. The van der Waals surface area contributed by atoms with Crippen LogP contribution in [0.4, 0.5) is 0 Å². The Bertz CT molecular complexity index is 275. The first-order valence-electron chi connectivity index (χ1n) is 4.89. The fraction of sp³-hybridized carbons (Fsp3) is 0.545. The highest BCUT2D eigenvalue weighted by Crippen LogP contribution is 2.20. The maximum Gasteiger partial charge on any atom is 0.172 e. The zero-order valence-electron chi connectivity index (χ0n) is 8.30. The molecule has 0 bridgehead atoms. The Kier molecular flexibility index (Phi) is 4.16. The minimum absolute atomic E-state index is 0.293. The Hall–Kier alpha value is -0.630. The molecule has 1 aromatic rings. The molecular weight excluding hydrogens is 180 g/mol. The van der Waals surface area contributed by atoms with Crippen molar-refractivity contribution in [1.29, 1.82) is 0 Å². The molecule has 1 rings (SSSR count). The third kappa shape index (κ3) is 2.66. The van der Waals surface area contributed by atoms with Crippen LogP contribution < -0.4 is 0 Å². The minimum Gasteiger partial charge on any atom is -0.293 e. The van der Waals surface area contributed by atoms with Crippen LogP contribution in [0.1, 0.15) is 48.3 Å². The summed E-state index contributed by atoms with van der Waals surface area (Å²) < 4.78 is 0. The summed E-state index contributed by atoms with van der Waals surface area (Å²) in [6.45, 7) is 4.10. The van der Waals surface area contributed by atoms with E-state index in [1.54, 1.807) is 11.3 Å². The van der Waals surface area contributed by atoms with Crippen LogP contribution >= 0.6 is 11.3 Å². The summed E-state index contributed by atoms with van der Waals surface area (Å²) in [4.78, 5) is 12.5. The van der Waals surface area contributed by atoms with Crippen LogP contribution in [0.5, 0.6) is 0 Å². The number of aryl methyl sites for hydroxylation is 1. The van der Waals surface area contributed by atoms with E-state index in [1.807, 2.05) is 12.3 Å². The van der Waals surface area contributed by atoms with E-state index in [1.165, 1.54) is 18.4 Å². The number of carbonyl (C=O) groups excluding carboxylic acids is 1. The second-order valence-corrected chi connectivity index (χ2v) is 4.07. The van der Waals surface area contributed by atoms with Crippen LogP contribution in [0.3, 0.4) is 0 Å². The molecule has 0 fully saturated rings. The van der Waals surface area contributed by atoms with Crippen molar-refractivity contribution >= 4 is 17.1 Å². The predicted octanol–water partition coefficient (Wildman–Crippen LogP) is 3.68. The van der Waals surface area contributed by atoms with E-state index in [2.05, 4.69) is 13.0 Å². The monoisotopic (exact) mass is 196 g/mol. The van der Waals surface area contributed by atoms with Gasteiger partial charge < -0.3 is 0 Å². The van der Waals surface area contributed by atoms with E-state index < -0.39 is 0 Å². The van der Waals surface area contributed by atoms with Gasteiger partial charge in [-0.25, -0.2) is 0 Å². The van der Waals surface area contributed by atoms with Gasteiger partial charge in [0.15, 0.2) is 5.78 Å². The molecule has 0 unspecified atom stereocenters. The Labute approximate surface area is 83.8 Å². The van der Waals surface area contributed by atoms with Crippen molar-refractivity contribution in [2.45, 2.75) is 39.5 Å². The van der Waals surface area contributed by atoms with Gasteiger partial charge in [0, 0.05) is 6.42 Å². The standard InChI is InChI=1S/C11H16OS/c1-3-5-6-9-7-8-13-11(9)10(12)4-2/h7-8H,3-6H2,1-2H3. The lowest BCUT2D eigenvalue weighted by atomic mass is 10.1. The average molecular weight is 196 g/mol. The van der Waals surface area contributed by atoms with E-state index in [0.717, 1.165) is 11.3 Å². The van der Waals surface area contributed by atoms with Crippen molar-refractivity contribution in [2.24, 2.45) is 0 Å². The van der Waals surface area contributed by atoms with Crippen LogP contribution in [-0.4, -0.2) is 5.78 Å². The summed E-state index contributed by atoms with van der Waals surface area (Å²) in [6, 6.07) is 2.09. The molecule has 0 atom stereocenters. The lowest BCUT2D eigenvalue weighted by Gasteiger charge is -1.99. The summed E-state index contributed by atoms with van der Waals surface area (Å²) >= 11 is 1.58. The predicted molar refractivity (Wildman–Crippen MR) is 57.6 cm³/mol. The van der Waals surface area contributed by atoms with Gasteiger partial charge in [0.2, 0.25) is 0 Å². The van der Waals surface area contributed by atoms with Crippen molar-refractivity contribution in [3.63, 3.8) is 0 Å². The van der Waals surface area contributed by atoms with Gasteiger partial charge in [0.05, 0.1) is 4.88 Å². The summed E-state index contributed by atoms with van der Waals surface area (Å²) in [5, 5.41) is 2.02. The maximum absolute atomic E-state index is 11.5. The number of thiophene rings is 1. The molecule has 72 valence electrons. The van der Waals surface area contributed by atoms with Crippen LogP contribution in [0.25, 0.3) is 0 Å². The molecule has 1 heterocycles. The van der Waals surface area contributed by atoms with Crippen LogP contribution in [0, 0.1) is 0 Å². The molecule has 0 aliphatic heterocycles. The number of Topliss-reactive ketones (excluding diaryl/α,β-unsaturated/α-hetero) is 1. The molecule has 1 aromatic heterocycles. The van der Waals surface area contributed by atoms with Crippen molar-refractivity contribution in [3.05, 3.63) is 21.9 Å². The molecule has 0 aliphatic carbocycles. The quantitative estimate of drug-likeness (QED) is 0.656. The molecule has 0 saturated heterocycles. The summed E-state index contributed by atoms with van der Waals surface area (Å²) in [5.74, 6) is 0.293. The topological polar surface area (TPSA) is 17.1 Å². The SMILES string of the molecule is CCCCc1ccsc1C(=O)CC. The van der Waals surface area contributed by atoms with Crippen molar-refractivity contribution in [3.8, 4) is 0 Å². The van der Waals surface area contributed by atoms with Crippen LogP contribution in [-0.2, 0) is 6.42 Å². The van der Waals surface area contributed by atoms with Crippen molar-refractivity contribution < 1.29 is 4.79 Å². The number of rotatable bonds is 5. The highest BCUT2D eigenvalue weighted by molar-refractivity contribution is 7.12. The maximum atomic E-state index is 11.5. The summed E-state index contributed by atoms with van der Waals surface area (Å²) in [6.07, 6.45) is 4.05. The van der Waals surface area contributed by atoms with Crippen molar-refractivity contribution in [1.82, 2.24) is 0 Å². The average Bonchev–Trinajstić information content (AvgIpc) is 2.61. The van der Waals surface area contributed by atoms with Gasteiger partial charge in [-0.1, -0.05) is 20.3 Å². The molecule has 0 amide bonds. The van der Waals surface area contributed by atoms with E-state index in [0.29, 0.717) is 12.2 Å². The van der Waals surface area contributed by atoms with Gasteiger partial charge in [0.1, 0.15) is 0 Å². The fourth-order valence-corrected chi connectivity index (χ4v) is 2.27. The van der Waals surface area contributed by atoms with E-state index >= 15 is 0 Å². The number of hydrogen-bond acceptors (Lipinski definition) is 2. The van der Waals surface area contributed by atoms with Crippen LogP contribution in [0.2, 0.25) is 0 Å². The van der Waals surface area contributed by atoms with Gasteiger partial charge >= 0.3 is 0 Å². The largest absolute Gasteiger partial charge is 0.293 e. The first-order chi connectivity index (χ1) is 6.29. The molecule has 0 aromatic carbocycles. The molecule has 13 heavy (non-hydrogen) atoms. The minimum atomic E-state index is 0.293. The Morgan fingerprint density at radius 2 is 2.23 bits per heavy atom. The first kappa shape index (κ1) is 10.5. The molecule has 0 aliphatic rings. The highest BCUT2D eigenvalue weighted by Gasteiger charge is 2.09. The summed E-state index contributed by atoms with van der Waals surface area (Å²) in [5.41, 5.74) is 1.25. The molecule has 0 saturated carbocycles. The molecule has 0 spiro atoms. The number of unbranched alkanes of at least 4 members (excludes halogenated alkanes) is 1. The number of hydrogen-bond donors (Lipinski definition) is 0. The molecule has 0 radical (unpaired) electrons. The Morgan fingerprint density at radius 3 is 2.85 bits per heavy atom. The first-order valence-corrected chi connectivity index (χ1v) is 5.77. The van der Waals surface area contributed by atoms with Crippen LogP contribution in [0.15, 0.2) is 11.4 Å². The molecule has 0 N–H and O–H groups in total. The zero-order chi connectivity index (χ0) is 9.68. The zero-order valence-corrected chi connectivity index (χ0v) is 9.12. The van der Waals surface area contributed by atoms with Gasteiger partial charge in [0.25, 0.3) is 0 Å². The lowest BCUT2D eigenvalue weighted by Crippen LogP contribution is -1.97. The third-order valence-corrected chi connectivity index (χ3v) is 3.12. The van der Waals surface area contributed by atoms with Gasteiger partial charge in [-0.2, -0.15) is 0 Å². The van der Waals surface area contributed by atoms with E-state index in [4.69, 9.17) is 0 Å². The fourth-order valence-electron chi connectivity index (χ4n) is 1.31. The number of carbonyl (C=O) groups is 1. The third-order valence-electron chi connectivity index (χ3n) is 2.12. The molecule has 1 nitrogen and oxygen atoms in total. The van der Waals surface area contributed by atoms with Gasteiger partial charge in [-0.15, -0.1) is 11.3 Å². The molecule has 2 heteroatoms. The Balaban J connectivity index is 2.71. The van der Waals surface area contributed by atoms with Crippen molar-refractivity contribution in [2.75, 3.05) is 0 Å². The second-order valence-electron chi connectivity index (χ2n) is 3.16. The normalized spacial score (nSPS) is 10.3. The smallest absolute Gasteiger partial charge is 0.172 e. The van der Waals surface area contributed by atoms with Gasteiger partial charge in [-0.05, 0) is 29.9 Å². The second kappa shape index (κ2) is 5.18. The van der Waals surface area contributed by atoms with E-state index in [-0.39, 0.29) is 0 Å². The lowest BCUT2D eigenvalue weighted by molar-refractivity contribution is 0.0991. The number of ketones is 1. The molecular formula is C11H16OS.